The van der Waals surface area contributed by atoms with Gasteiger partial charge in [0.15, 0.2) is 5.76 Å². The predicted octanol–water partition coefficient (Wildman–Crippen LogP) is 3.09. The third-order valence-corrected chi connectivity index (χ3v) is 3.26. The van der Waals surface area contributed by atoms with Gasteiger partial charge in [-0.25, -0.2) is 0 Å². The van der Waals surface area contributed by atoms with Gasteiger partial charge in [-0.15, -0.1) is 0 Å². The minimum absolute atomic E-state index is 0.0716. The molecule has 1 aromatic heterocycles. The Bertz CT molecular complexity index is 637. The first-order valence-corrected chi connectivity index (χ1v) is 6.61. The highest BCUT2D eigenvalue weighted by atomic mass is 35.5. The summed E-state index contributed by atoms with van der Waals surface area (Å²) in [4.78, 5) is 12.0. The van der Waals surface area contributed by atoms with Crippen molar-refractivity contribution in [3.05, 3.63) is 40.2 Å². The second kappa shape index (κ2) is 5.96. The summed E-state index contributed by atoms with van der Waals surface area (Å²) in [5.74, 6) is 0.508. The third-order valence-electron chi connectivity index (χ3n) is 2.91. The van der Waals surface area contributed by atoms with E-state index in [-0.39, 0.29) is 18.1 Å². The van der Waals surface area contributed by atoms with E-state index in [1.165, 1.54) is 12.1 Å². The van der Waals surface area contributed by atoms with Gasteiger partial charge in [-0.2, -0.15) is 0 Å². The second-order valence-corrected chi connectivity index (χ2v) is 4.83. The van der Waals surface area contributed by atoms with Gasteiger partial charge < -0.3 is 14.9 Å². The van der Waals surface area contributed by atoms with Crippen molar-refractivity contribution in [2.45, 2.75) is 26.7 Å². The summed E-state index contributed by atoms with van der Waals surface area (Å²) in [6, 6.07) is 4.53. The molecule has 1 heterocycles. The molecule has 0 spiro atoms. The zero-order chi connectivity index (χ0) is 14.7. The standard InChI is InChI=1S/C14H15ClN2O3/c1-3-12-14(8(2)17-20-12)16-13(19)6-9-4-5-10(18)7-11(9)15/h4-5,7,18H,3,6H2,1-2H3,(H,16,19). The number of aryl methyl sites for hydroxylation is 2. The number of phenolic OH excluding ortho intramolecular Hbond substituents is 1. The van der Waals surface area contributed by atoms with Crippen molar-refractivity contribution in [3.63, 3.8) is 0 Å². The van der Waals surface area contributed by atoms with Gasteiger partial charge in [0, 0.05) is 11.4 Å². The first-order chi connectivity index (χ1) is 9.51. The lowest BCUT2D eigenvalue weighted by Crippen LogP contribution is -2.15. The van der Waals surface area contributed by atoms with Crippen LogP contribution in [0.15, 0.2) is 22.7 Å². The Kier molecular flexibility index (Phi) is 4.29. The summed E-state index contributed by atoms with van der Waals surface area (Å²) in [7, 11) is 0. The van der Waals surface area contributed by atoms with Crippen molar-refractivity contribution in [2.75, 3.05) is 5.32 Å². The van der Waals surface area contributed by atoms with Crippen LogP contribution in [0.4, 0.5) is 5.69 Å². The van der Waals surface area contributed by atoms with Crippen LogP contribution in [0.25, 0.3) is 0 Å². The minimum atomic E-state index is -0.210. The molecule has 6 heteroatoms. The van der Waals surface area contributed by atoms with E-state index in [0.717, 1.165) is 0 Å². The molecule has 20 heavy (non-hydrogen) atoms. The Balaban J connectivity index is 2.11. The fourth-order valence-electron chi connectivity index (χ4n) is 1.85. The highest BCUT2D eigenvalue weighted by Crippen LogP contribution is 2.24. The van der Waals surface area contributed by atoms with E-state index in [4.69, 9.17) is 16.1 Å². The van der Waals surface area contributed by atoms with Crippen molar-refractivity contribution in [3.8, 4) is 5.75 Å². The maximum absolute atomic E-state index is 12.0. The molecule has 0 saturated carbocycles. The van der Waals surface area contributed by atoms with Crippen LogP contribution in [-0.4, -0.2) is 16.2 Å². The highest BCUT2D eigenvalue weighted by molar-refractivity contribution is 6.31. The van der Waals surface area contributed by atoms with Gasteiger partial charge in [0.2, 0.25) is 5.91 Å². The first-order valence-electron chi connectivity index (χ1n) is 6.23. The Hall–Kier alpha value is -2.01. The van der Waals surface area contributed by atoms with Crippen LogP contribution >= 0.6 is 11.6 Å². The number of halogens is 1. The number of aromatic hydroxyl groups is 1. The molecule has 0 aliphatic carbocycles. The maximum atomic E-state index is 12.0. The molecule has 0 saturated heterocycles. The fraction of sp³-hybridized carbons (Fsp3) is 0.286. The third kappa shape index (κ3) is 3.11. The van der Waals surface area contributed by atoms with E-state index < -0.39 is 0 Å². The van der Waals surface area contributed by atoms with Crippen molar-refractivity contribution in [1.29, 1.82) is 0 Å². The number of phenols is 1. The highest BCUT2D eigenvalue weighted by Gasteiger charge is 2.15. The Morgan fingerprint density at radius 2 is 2.25 bits per heavy atom. The zero-order valence-corrected chi connectivity index (χ0v) is 12.0. The molecular weight excluding hydrogens is 280 g/mol. The van der Waals surface area contributed by atoms with E-state index >= 15 is 0 Å². The fourth-order valence-corrected chi connectivity index (χ4v) is 2.10. The number of hydrogen-bond donors (Lipinski definition) is 2. The van der Waals surface area contributed by atoms with Crippen molar-refractivity contribution < 1.29 is 14.4 Å². The van der Waals surface area contributed by atoms with Crippen LogP contribution in [0.3, 0.4) is 0 Å². The minimum Gasteiger partial charge on any atom is -0.508 e. The number of carbonyl (C=O) groups is 1. The lowest BCUT2D eigenvalue weighted by molar-refractivity contribution is -0.115. The molecule has 0 fully saturated rings. The number of hydrogen-bond acceptors (Lipinski definition) is 4. The van der Waals surface area contributed by atoms with Crippen LogP contribution in [0.5, 0.6) is 5.75 Å². The summed E-state index contributed by atoms with van der Waals surface area (Å²) in [6.45, 7) is 3.69. The quantitative estimate of drug-likeness (QED) is 0.908. The second-order valence-electron chi connectivity index (χ2n) is 4.42. The number of nitrogens with zero attached hydrogens (tertiary/aromatic N) is 1. The monoisotopic (exact) mass is 294 g/mol. The maximum Gasteiger partial charge on any atom is 0.228 e. The van der Waals surface area contributed by atoms with E-state index in [1.807, 2.05) is 6.92 Å². The zero-order valence-electron chi connectivity index (χ0n) is 11.2. The molecule has 0 bridgehead atoms. The molecule has 0 radical (unpaired) electrons. The summed E-state index contributed by atoms with van der Waals surface area (Å²) in [6.07, 6.45) is 0.767. The average molecular weight is 295 g/mol. The lowest BCUT2D eigenvalue weighted by Gasteiger charge is -2.07. The molecule has 5 nitrogen and oxygen atoms in total. The number of benzene rings is 1. The average Bonchev–Trinajstić information content (AvgIpc) is 2.74. The van der Waals surface area contributed by atoms with Crippen LogP contribution in [-0.2, 0) is 17.6 Å². The number of anilines is 1. The number of rotatable bonds is 4. The van der Waals surface area contributed by atoms with Crippen molar-refractivity contribution in [2.24, 2.45) is 0 Å². The first kappa shape index (κ1) is 14.4. The number of aromatic nitrogens is 1. The van der Waals surface area contributed by atoms with E-state index in [1.54, 1.807) is 13.0 Å². The molecule has 1 aromatic carbocycles. The Morgan fingerprint density at radius 1 is 1.50 bits per heavy atom. The van der Waals surface area contributed by atoms with Gasteiger partial charge in [0.25, 0.3) is 0 Å². The molecule has 0 atom stereocenters. The molecule has 2 aromatic rings. The smallest absolute Gasteiger partial charge is 0.228 e. The molecule has 0 unspecified atom stereocenters. The summed E-state index contributed by atoms with van der Waals surface area (Å²) in [5.41, 5.74) is 1.91. The van der Waals surface area contributed by atoms with Crippen molar-refractivity contribution in [1.82, 2.24) is 5.16 Å². The van der Waals surface area contributed by atoms with Crippen LogP contribution < -0.4 is 5.32 Å². The largest absolute Gasteiger partial charge is 0.508 e. The topological polar surface area (TPSA) is 75.4 Å². The summed E-state index contributed by atoms with van der Waals surface area (Å²) < 4.78 is 5.11. The van der Waals surface area contributed by atoms with Gasteiger partial charge in [0.05, 0.1) is 6.42 Å². The molecule has 2 N–H and O–H groups in total. The molecule has 2 rings (SSSR count). The number of amides is 1. The number of nitrogens with one attached hydrogen (secondary N) is 1. The summed E-state index contributed by atoms with van der Waals surface area (Å²) in [5, 5.41) is 16.2. The number of carbonyl (C=O) groups excluding carboxylic acids is 1. The Morgan fingerprint density at radius 3 is 2.90 bits per heavy atom. The van der Waals surface area contributed by atoms with E-state index in [2.05, 4.69) is 10.5 Å². The molecule has 0 aliphatic rings. The SMILES string of the molecule is CCc1onc(C)c1NC(=O)Cc1ccc(O)cc1Cl. The van der Waals surface area contributed by atoms with Crippen LogP contribution in [0.2, 0.25) is 5.02 Å². The van der Waals surface area contributed by atoms with E-state index in [0.29, 0.717) is 34.1 Å². The van der Waals surface area contributed by atoms with Crippen molar-refractivity contribution >= 4 is 23.2 Å². The van der Waals surface area contributed by atoms with Crippen LogP contribution in [0, 0.1) is 6.92 Å². The Labute approximate surface area is 121 Å². The molecule has 1 amide bonds. The van der Waals surface area contributed by atoms with E-state index in [9.17, 15) is 9.90 Å². The normalized spacial score (nSPS) is 10.6. The molecule has 106 valence electrons. The van der Waals surface area contributed by atoms with Gasteiger partial charge in [-0.05, 0) is 24.6 Å². The van der Waals surface area contributed by atoms with Gasteiger partial charge in [-0.3, -0.25) is 4.79 Å². The predicted molar refractivity (Wildman–Crippen MR) is 76.1 cm³/mol. The van der Waals surface area contributed by atoms with Crippen LogP contribution in [0.1, 0.15) is 23.9 Å². The molecule has 0 aliphatic heterocycles. The summed E-state index contributed by atoms with van der Waals surface area (Å²) >= 11 is 5.97. The molecular formula is C14H15ClN2O3. The lowest BCUT2D eigenvalue weighted by atomic mass is 10.1. The van der Waals surface area contributed by atoms with Gasteiger partial charge >= 0.3 is 0 Å². The van der Waals surface area contributed by atoms with Gasteiger partial charge in [0.1, 0.15) is 17.1 Å². The van der Waals surface area contributed by atoms with Gasteiger partial charge in [-0.1, -0.05) is 29.7 Å².